The van der Waals surface area contributed by atoms with Gasteiger partial charge in [0.2, 0.25) is 0 Å². The Bertz CT molecular complexity index is 879. The van der Waals surface area contributed by atoms with Crippen molar-refractivity contribution in [1.82, 2.24) is 5.32 Å². The van der Waals surface area contributed by atoms with Gasteiger partial charge in [0.1, 0.15) is 4.21 Å². The Kier molecular flexibility index (Phi) is 4.17. The van der Waals surface area contributed by atoms with Crippen LogP contribution in [0.4, 0.5) is 5.69 Å². The fourth-order valence-corrected chi connectivity index (χ4v) is 5.55. The molecule has 0 bridgehead atoms. The van der Waals surface area contributed by atoms with Gasteiger partial charge in [0.05, 0.1) is 17.8 Å². The van der Waals surface area contributed by atoms with Crippen molar-refractivity contribution in [2.75, 3.05) is 17.4 Å². The lowest BCUT2D eigenvalue weighted by Crippen LogP contribution is -2.34. The first-order valence-corrected chi connectivity index (χ1v) is 9.97. The molecule has 7 heteroatoms. The summed E-state index contributed by atoms with van der Waals surface area (Å²) < 4.78 is 27.9. The number of carbonyl (C=O) groups excluding carboxylic acids is 1. The molecule has 24 heavy (non-hydrogen) atoms. The maximum absolute atomic E-state index is 13.1. The van der Waals surface area contributed by atoms with E-state index in [0.29, 0.717) is 15.5 Å². The summed E-state index contributed by atoms with van der Waals surface area (Å²) in [6, 6.07) is 10.3. The average molecular weight is 364 g/mol. The predicted octanol–water partition coefficient (Wildman–Crippen LogP) is 2.98. The van der Waals surface area contributed by atoms with Gasteiger partial charge in [0.15, 0.2) is 0 Å². The van der Waals surface area contributed by atoms with E-state index in [9.17, 15) is 13.2 Å². The summed E-state index contributed by atoms with van der Waals surface area (Å²) in [5, 5.41) is 2.74. The molecule has 0 unspecified atom stereocenters. The van der Waals surface area contributed by atoms with Gasteiger partial charge < -0.3 is 5.32 Å². The molecule has 5 nitrogen and oxygen atoms in total. The SMILES string of the molecule is CC(C)(C)c1ccc(S(=O)(=O)N2CCNC(=O)c3ccccc32)s1. The quantitative estimate of drug-likeness (QED) is 0.891. The number of fused-ring (bicyclic) bond motifs is 1. The Labute approximate surface area is 146 Å². The number of thiophene rings is 1. The molecule has 0 radical (unpaired) electrons. The summed E-state index contributed by atoms with van der Waals surface area (Å²) in [6.07, 6.45) is 0. The summed E-state index contributed by atoms with van der Waals surface area (Å²) in [5.41, 5.74) is 0.705. The van der Waals surface area contributed by atoms with Crippen LogP contribution >= 0.6 is 11.3 Å². The van der Waals surface area contributed by atoms with E-state index in [0.717, 1.165) is 4.88 Å². The fraction of sp³-hybridized carbons (Fsp3) is 0.353. The molecule has 2 heterocycles. The minimum Gasteiger partial charge on any atom is -0.350 e. The van der Waals surface area contributed by atoms with Crippen LogP contribution in [0.5, 0.6) is 0 Å². The topological polar surface area (TPSA) is 66.5 Å². The molecule has 1 amide bonds. The first-order valence-electron chi connectivity index (χ1n) is 7.71. The zero-order valence-corrected chi connectivity index (χ0v) is 15.5. The Morgan fingerprint density at radius 2 is 1.83 bits per heavy atom. The third-order valence-corrected chi connectivity index (χ3v) is 7.67. The van der Waals surface area contributed by atoms with Crippen molar-refractivity contribution in [2.24, 2.45) is 0 Å². The van der Waals surface area contributed by atoms with E-state index < -0.39 is 10.0 Å². The first-order chi connectivity index (χ1) is 11.2. The van der Waals surface area contributed by atoms with Gasteiger partial charge in [-0.1, -0.05) is 32.9 Å². The Morgan fingerprint density at radius 3 is 2.50 bits per heavy atom. The predicted molar refractivity (Wildman–Crippen MR) is 96.3 cm³/mol. The highest BCUT2D eigenvalue weighted by Gasteiger charge is 2.32. The van der Waals surface area contributed by atoms with Crippen LogP contribution in [0.2, 0.25) is 0 Å². The van der Waals surface area contributed by atoms with Crippen molar-refractivity contribution in [3.8, 4) is 0 Å². The number of carbonyl (C=O) groups is 1. The van der Waals surface area contributed by atoms with Crippen molar-refractivity contribution in [3.63, 3.8) is 0 Å². The minimum atomic E-state index is -3.70. The Balaban J connectivity index is 2.08. The number of rotatable bonds is 2. The van der Waals surface area contributed by atoms with Gasteiger partial charge in [-0.3, -0.25) is 9.10 Å². The number of nitrogens with one attached hydrogen (secondary N) is 1. The third-order valence-electron chi connectivity index (χ3n) is 3.88. The molecular formula is C17H20N2O3S2. The zero-order valence-electron chi connectivity index (χ0n) is 13.9. The Morgan fingerprint density at radius 1 is 1.12 bits per heavy atom. The monoisotopic (exact) mass is 364 g/mol. The molecule has 128 valence electrons. The molecule has 0 saturated heterocycles. The maximum atomic E-state index is 13.1. The lowest BCUT2D eigenvalue weighted by Gasteiger charge is -2.23. The normalized spacial score (nSPS) is 15.6. The molecular weight excluding hydrogens is 344 g/mol. The molecule has 1 N–H and O–H groups in total. The molecule has 0 fully saturated rings. The van der Waals surface area contributed by atoms with E-state index in [1.807, 2.05) is 6.07 Å². The summed E-state index contributed by atoms with van der Waals surface area (Å²) >= 11 is 1.29. The number of anilines is 1. The summed E-state index contributed by atoms with van der Waals surface area (Å²) in [4.78, 5) is 13.1. The second-order valence-corrected chi connectivity index (χ2v) is 9.89. The van der Waals surface area contributed by atoms with E-state index in [1.165, 1.54) is 15.6 Å². The molecule has 1 aliphatic rings. The van der Waals surface area contributed by atoms with Gasteiger partial charge in [-0.05, 0) is 29.7 Å². The van der Waals surface area contributed by atoms with Crippen LogP contribution < -0.4 is 9.62 Å². The molecule has 1 aromatic carbocycles. The highest BCUT2D eigenvalue weighted by Crippen LogP contribution is 2.35. The van der Waals surface area contributed by atoms with E-state index >= 15 is 0 Å². The lowest BCUT2D eigenvalue weighted by atomic mass is 9.95. The van der Waals surface area contributed by atoms with Crippen LogP contribution in [0.25, 0.3) is 0 Å². The van der Waals surface area contributed by atoms with Gasteiger partial charge in [0, 0.05) is 11.4 Å². The fourth-order valence-electron chi connectivity index (χ4n) is 2.59. The van der Waals surface area contributed by atoms with Crippen LogP contribution in [-0.2, 0) is 15.4 Å². The first kappa shape index (κ1) is 17.0. The average Bonchev–Trinajstić information content (AvgIpc) is 2.96. The van der Waals surface area contributed by atoms with Crippen molar-refractivity contribution in [2.45, 2.75) is 30.4 Å². The molecule has 0 spiro atoms. The molecule has 0 aliphatic carbocycles. The molecule has 2 aromatic rings. The zero-order chi connectivity index (χ0) is 17.5. The van der Waals surface area contributed by atoms with Gasteiger partial charge >= 0.3 is 0 Å². The molecule has 0 saturated carbocycles. The molecule has 0 atom stereocenters. The van der Waals surface area contributed by atoms with Gasteiger partial charge in [0.25, 0.3) is 15.9 Å². The van der Waals surface area contributed by atoms with Gasteiger partial charge in [-0.15, -0.1) is 11.3 Å². The van der Waals surface area contributed by atoms with E-state index in [-0.39, 0.29) is 24.4 Å². The summed E-state index contributed by atoms with van der Waals surface area (Å²) in [7, 11) is -3.70. The van der Waals surface area contributed by atoms with Crippen LogP contribution in [-0.4, -0.2) is 27.4 Å². The molecule has 1 aromatic heterocycles. The molecule has 3 rings (SSSR count). The number of benzene rings is 1. The number of hydrogen-bond acceptors (Lipinski definition) is 4. The number of amides is 1. The number of hydrogen-bond donors (Lipinski definition) is 1. The van der Waals surface area contributed by atoms with Crippen LogP contribution in [0.3, 0.4) is 0 Å². The van der Waals surface area contributed by atoms with Crippen LogP contribution in [0.15, 0.2) is 40.6 Å². The van der Waals surface area contributed by atoms with Crippen molar-refractivity contribution >= 4 is 33.0 Å². The van der Waals surface area contributed by atoms with E-state index in [4.69, 9.17) is 0 Å². The smallest absolute Gasteiger partial charge is 0.273 e. The summed E-state index contributed by atoms with van der Waals surface area (Å²) in [5.74, 6) is -0.245. The minimum absolute atomic E-state index is 0.105. The van der Waals surface area contributed by atoms with Gasteiger partial charge in [-0.2, -0.15) is 0 Å². The molecule has 1 aliphatic heterocycles. The largest absolute Gasteiger partial charge is 0.350 e. The standard InChI is InChI=1S/C17H20N2O3S2/c1-17(2,3)14-8-9-15(23-14)24(21,22)19-11-10-18-16(20)12-6-4-5-7-13(12)19/h4-9H,10-11H2,1-3H3,(H,18,20). The van der Waals surface area contributed by atoms with Crippen LogP contribution in [0, 0.1) is 0 Å². The lowest BCUT2D eigenvalue weighted by molar-refractivity contribution is 0.0958. The van der Waals surface area contributed by atoms with Crippen molar-refractivity contribution in [1.29, 1.82) is 0 Å². The van der Waals surface area contributed by atoms with Crippen LogP contribution in [0.1, 0.15) is 36.0 Å². The summed E-state index contributed by atoms with van der Waals surface area (Å²) in [6.45, 7) is 6.66. The highest BCUT2D eigenvalue weighted by atomic mass is 32.2. The van der Waals surface area contributed by atoms with Crippen molar-refractivity contribution in [3.05, 3.63) is 46.8 Å². The third kappa shape index (κ3) is 2.93. The maximum Gasteiger partial charge on any atom is 0.273 e. The number of sulfonamides is 1. The highest BCUT2D eigenvalue weighted by molar-refractivity contribution is 7.94. The Hall–Kier alpha value is -1.86. The number of nitrogens with zero attached hydrogens (tertiary/aromatic N) is 1. The van der Waals surface area contributed by atoms with Gasteiger partial charge in [-0.25, -0.2) is 8.42 Å². The van der Waals surface area contributed by atoms with E-state index in [1.54, 1.807) is 30.3 Å². The second kappa shape index (κ2) is 5.89. The van der Waals surface area contributed by atoms with Crippen molar-refractivity contribution < 1.29 is 13.2 Å². The second-order valence-electron chi connectivity index (χ2n) is 6.72. The van der Waals surface area contributed by atoms with E-state index in [2.05, 4.69) is 26.1 Å². The number of para-hydroxylation sites is 1.